The largest absolute Gasteiger partial charge is 0.490 e. The summed E-state index contributed by atoms with van der Waals surface area (Å²) in [5.41, 5.74) is 1.51. The smallest absolute Gasteiger partial charge is 0.179 e. The van der Waals surface area contributed by atoms with Crippen LogP contribution in [0.3, 0.4) is 0 Å². The van der Waals surface area contributed by atoms with E-state index < -0.39 is 0 Å². The molecule has 0 heterocycles. The molecule has 0 aliphatic carbocycles. The second-order valence-electron chi connectivity index (χ2n) is 4.84. The highest BCUT2D eigenvalue weighted by Crippen LogP contribution is 2.36. The number of halogens is 1. The lowest BCUT2D eigenvalue weighted by Gasteiger charge is -2.15. The van der Waals surface area contributed by atoms with E-state index in [2.05, 4.69) is 0 Å². The molecule has 0 N–H and O–H groups in total. The van der Waals surface area contributed by atoms with Crippen molar-refractivity contribution in [3.05, 3.63) is 52.5 Å². The van der Waals surface area contributed by atoms with Crippen molar-refractivity contribution in [3.8, 4) is 17.2 Å². The van der Waals surface area contributed by atoms with Crippen molar-refractivity contribution in [2.45, 2.75) is 13.8 Å². The van der Waals surface area contributed by atoms with Gasteiger partial charge in [-0.25, -0.2) is 0 Å². The predicted molar refractivity (Wildman–Crippen MR) is 90.2 cm³/mol. The van der Waals surface area contributed by atoms with Crippen LogP contribution in [0, 0.1) is 6.92 Å². The second-order valence-corrected chi connectivity index (χ2v) is 5.25. The summed E-state index contributed by atoms with van der Waals surface area (Å²) >= 11 is 6.17. The van der Waals surface area contributed by atoms with Gasteiger partial charge in [0, 0.05) is 5.56 Å². The zero-order valence-electron chi connectivity index (χ0n) is 13.2. The fraction of sp³-hybridized carbons (Fsp3) is 0.278. The number of hydrogen-bond donors (Lipinski definition) is 0. The Morgan fingerprint density at radius 1 is 1.04 bits per heavy atom. The fourth-order valence-corrected chi connectivity index (χ4v) is 2.35. The van der Waals surface area contributed by atoms with E-state index in [-0.39, 0.29) is 0 Å². The van der Waals surface area contributed by atoms with Crippen molar-refractivity contribution in [2.24, 2.45) is 0 Å². The fourth-order valence-electron chi connectivity index (χ4n) is 2.07. The van der Waals surface area contributed by atoms with Gasteiger partial charge in [0.2, 0.25) is 0 Å². The molecule has 0 fully saturated rings. The van der Waals surface area contributed by atoms with Gasteiger partial charge in [-0.2, -0.15) is 0 Å². The molecule has 5 heteroatoms. The standard InChI is InChI=1S/C18H19ClO4/c1-3-21-17-11-14(12-20)10-15(19)18(17)23-9-8-22-16-7-5-4-6-13(16)2/h4-7,10-12H,3,8-9H2,1-2H3. The maximum Gasteiger partial charge on any atom is 0.179 e. The van der Waals surface area contributed by atoms with E-state index in [1.807, 2.05) is 38.1 Å². The molecule has 0 saturated carbocycles. The van der Waals surface area contributed by atoms with E-state index in [0.717, 1.165) is 17.6 Å². The molecule has 2 aromatic rings. The third-order valence-corrected chi connectivity index (χ3v) is 3.43. The molecule has 0 atom stereocenters. The van der Waals surface area contributed by atoms with Gasteiger partial charge in [-0.3, -0.25) is 4.79 Å². The van der Waals surface area contributed by atoms with Crippen LogP contribution in [-0.2, 0) is 0 Å². The van der Waals surface area contributed by atoms with Crippen LogP contribution in [0.2, 0.25) is 5.02 Å². The first-order chi connectivity index (χ1) is 11.2. The number of benzene rings is 2. The number of ether oxygens (including phenoxy) is 3. The van der Waals surface area contributed by atoms with Gasteiger partial charge >= 0.3 is 0 Å². The Morgan fingerprint density at radius 2 is 1.78 bits per heavy atom. The van der Waals surface area contributed by atoms with Crippen molar-refractivity contribution in [2.75, 3.05) is 19.8 Å². The second kappa shape index (κ2) is 8.44. The molecular formula is C18H19ClO4. The highest BCUT2D eigenvalue weighted by molar-refractivity contribution is 6.32. The molecule has 0 aliphatic heterocycles. The van der Waals surface area contributed by atoms with Crippen LogP contribution in [0.25, 0.3) is 0 Å². The van der Waals surface area contributed by atoms with E-state index in [4.69, 9.17) is 25.8 Å². The third kappa shape index (κ3) is 4.63. The van der Waals surface area contributed by atoms with E-state index in [1.54, 1.807) is 12.1 Å². The number of aryl methyl sites for hydroxylation is 1. The summed E-state index contributed by atoms with van der Waals surface area (Å²) < 4.78 is 16.8. The van der Waals surface area contributed by atoms with Crippen LogP contribution in [0.4, 0.5) is 0 Å². The third-order valence-electron chi connectivity index (χ3n) is 3.15. The summed E-state index contributed by atoms with van der Waals surface area (Å²) in [6.45, 7) is 4.98. The highest BCUT2D eigenvalue weighted by Gasteiger charge is 2.12. The highest BCUT2D eigenvalue weighted by atomic mass is 35.5. The Balaban J connectivity index is 1.99. The van der Waals surface area contributed by atoms with E-state index in [0.29, 0.717) is 41.9 Å². The predicted octanol–water partition coefficient (Wildman–Crippen LogP) is 4.32. The summed E-state index contributed by atoms with van der Waals surface area (Å²) in [5.74, 6) is 1.70. The molecule has 0 spiro atoms. The minimum absolute atomic E-state index is 0.314. The number of para-hydroxylation sites is 1. The topological polar surface area (TPSA) is 44.8 Å². The number of aldehydes is 1. The number of hydrogen-bond acceptors (Lipinski definition) is 4. The Bertz CT molecular complexity index is 670. The van der Waals surface area contributed by atoms with Crippen molar-refractivity contribution >= 4 is 17.9 Å². The molecule has 122 valence electrons. The number of carbonyl (C=O) groups excluding carboxylic acids is 1. The Labute approximate surface area is 140 Å². The van der Waals surface area contributed by atoms with Gasteiger partial charge in [0.05, 0.1) is 11.6 Å². The van der Waals surface area contributed by atoms with Gasteiger partial charge in [-0.15, -0.1) is 0 Å². The van der Waals surface area contributed by atoms with E-state index in [9.17, 15) is 4.79 Å². The zero-order valence-corrected chi connectivity index (χ0v) is 13.9. The molecule has 0 aromatic heterocycles. The van der Waals surface area contributed by atoms with Gasteiger partial charge < -0.3 is 14.2 Å². The molecule has 4 nitrogen and oxygen atoms in total. The van der Waals surface area contributed by atoms with Gasteiger partial charge in [0.15, 0.2) is 11.5 Å². The summed E-state index contributed by atoms with van der Waals surface area (Å²) in [6.07, 6.45) is 0.722. The van der Waals surface area contributed by atoms with E-state index in [1.165, 1.54) is 0 Å². The molecule has 0 unspecified atom stereocenters. The molecule has 23 heavy (non-hydrogen) atoms. The average molecular weight is 335 g/mol. The Hall–Kier alpha value is -2.20. The lowest BCUT2D eigenvalue weighted by atomic mass is 10.2. The van der Waals surface area contributed by atoms with Gasteiger partial charge in [-0.05, 0) is 37.6 Å². The normalized spacial score (nSPS) is 10.2. The Kier molecular flexibility index (Phi) is 6.29. The monoisotopic (exact) mass is 334 g/mol. The maximum absolute atomic E-state index is 10.9. The first kappa shape index (κ1) is 17.2. The number of rotatable bonds is 8. The quantitative estimate of drug-likeness (QED) is 0.533. The van der Waals surface area contributed by atoms with Crippen LogP contribution < -0.4 is 14.2 Å². The van der Waals surface area contributed by atoms with Crippen molar-refractivity contribution in [1.29, 1.82) is 0 Å². The molecule has 0 bridgehead atoms. The molecule has 0 amide bonds. The summed E-state index contributed by atoms with van der Waals surface area (Å²) in [6, 6.07) is 10.9. The van der Waals surface area contributed by atoms with Crippen molar-refractivity contribution in [3.63, 3.8) is 0 Å². The molecule has 0 radical (unpaired) electrons. The first-order valence-electron chi connectivity index (χ1n) is 7.38. The number of carbonyl (C=O) groups is 1. The first-order valence-corrected chi connectivity index (χ1v) is 7.76. The minimum atomic E-state index is 0.314. The van der Waals surface area contributed by atoms with Crippen LogP contribution in [0.5, 0.6) is 17.2 Å². The summed E-state index contributed by atoms with van der Waals surface area (Å²) in [4.78, 5) is 10.9. The average Bonchev–Trinajstić information content (AvgIpc) is 2.55. The summed E-state index contributed by atoms with van der Waals surface area (Å²) in [7, 11) is 0. The van der Waals surface area contributed by atoms with Gasteiger partial charge in [-0.1, -0.05) is 29.8 Å². The van der Waals surface area contributed by atoms with Crippen molar-refractivity contribution in [1.82, 2.24) is 0 Å². The van der Waals surface area contributed by atoms with Crippen LogP contribution in [0.1, 0.15) is 22.8 Å². The SMILES string of the molecule is CCOc1cc(C=O)cc(Cl)c1OCCOc1ccccc1C. The van der Waals surface area contributed by atoms with Gasteiger partial charge in [0.1, 0.15) is 25.2 Å². The molecule has 2 rings (SSSR count). The van der Waals surface area contributed by atoms with Crippen molar-refractivity contribution < 1.29 is 19.0 Å². The molecular weight excluding hydrogens is 316 g/mol. The maximum atomic E-state index is 10.9. The van der Waals surface area contributed by atoms with Gasteiger partial charge in [0.25, 0.3) is 0 Å². The zero-order chi connectivity index (χ0) is 16.7. The minimum Gasteiger partial charge on any atom is -0.490 e. The Morgan fingerprint density at radius 3 is 2.48 bits per heavy atom. The van der Waals surface area contributed by atoms with Crippen LogP contribution in [0.15, 0.2) is 36.4 Å². The molecule has 0 aliphatic rings. The lowest BCUT2D eigenvalue weighted by Crippen LogP contribution is -2.11. The van der Waals surface area contributed by atoms with Crippen LogP contribution >= 0.6 is 11.6 Å². The van der Waals surface area contributed by atoms with Crippen LogP contribution in [-0.4, -0.2) is 26.1 Å². The molecule has 0 saturated heterocycles. The lowest BCUT2D eigenvalue weighted by molar-refractivity contribution is 0.112. The summed E-state index contributed by atoms with van der Waals surface area (Å²) in [5, 5.41) is 0.342. The molecule has 2 aromatic carbocycles. The van der Waals surface area contributed by atoms with E-state index >= 15 is 0 Å².